The molecule has 2 aromatic heterocycles. The summed E-state index contributed by atoms with van der Waals surface area (Å²) in [6.45, 7) is 19.4. The summed E-state index contributed by atoms with van der Waals surface area (Å²) in [5.74, 6) is 0.705. The number of pyridine rings is 1. The first kappa shape index (κ1) is 56.9. The van der Waals surface area contributed by atoms with Gasteiger partial charge < -0.3 is 20.9 Å². The first-order chi connectivity index (χ1) is 32.7. The zero-order valence-electron chi connectivity index (χ0n) is 42.5. The van der Waals surface area contributed by atoms with E-state index in [2.05, 4.69) is 20.7 Å². The van der Waals surface area contributed by atoms with E-state index in [0.717, 1.165) is 26.3 Å². The molecule has 2 aromatic carbocycles. The van der Waals surface area contributed by atoms with Crippen LogP contribution in [-0.2, 0) is 46.8 Å². The van der Waals surface area contributed by atoms with E-state index in [1.807, 2.05) is 58.0 Å². The molecule has 382 valence electrons. The number of imide groups is 1. The number of carbonyl (C=O) groups excluding carboxylic acids is 5. The van der Waals surface area contributed by atoms with Gasteiger partial charge in [0.1, 0.15) is 18.0 Å². The summed E-state index contributed by atoms with van der Waals surface area (Å²) in [5, 5.41) is 15.2. The minimum absolute atomic E-state index is 0.0128. The molecule has 0 aliphatic heterocycles. The second-order valence-corrected chi connectivity index (χ2v) is 22.1. The van der Waals surface area contributed by atoms with E-state index in [1.54, 1.807) is 72.7 Å². The van der Waals surface area contributed by atoms with Gasteiger partial charge in [0, 0.05) is 24.7 Å². The SMILES string of the molecule is CC[C@H](C)[C@H](NN)C(=O)C(c1ccccn1)N(C(=O)[C@@H](N)Cc1cn(S(=O)(=O)c2ccc(C)cc2)cn1)C(=O)[C@@](C)(C[C@H](O)[C@H](CC(C)C)C(=O)[C@H](Cc1ccccc1)NC(=O)OC(C)(C)C)C(C)C. The molecule has 70 heavy (non-hydrogen) atoms. The average Bonchev–Trinajstić information content (AvgIpc) is 3.78. The zero-order chi connectivity index (χ0) is 52.3. The summed E-state index contributed by atoms with van der Waals surface area (Å²) in [5.41, 5.74) is 8.51. The van der Waals surface area contributed by atoms with E-state index < -0.39 is 92.6 Å². The number of ether oxygens (including phenoxy) is 1. The monoisotopic (exact) mass is 987 g/mol. The fourth-order valence-electron chi connectivity index (χ4n) is 8.30. The minimum atomic E-state index is -4.08. The number of aliphatic hydroxyl groups is 1. The molecule has 0 saturated heterocycles. The second-order valence-electron chi connectivity index (χ2n) is 20.3. The van der Waals surface area contributed by atoms with Crippen LogP contribution in [0.15, 0.2) is 96.4 Å². The number of carbonyl (C=O) groups is 5. The van der Waals surface area contributed by atoms with Crippen LogP contribution in [0.4, 0.5) is 4.79 Å². The Balaban J connectivity index is 1.85. The lowest BCUT2D eigenvalue weighted by Crippen LogP contribution is -2.59. The highest BCUT2D eigenvalue weighted by Gasteiger charge is 2.51. The molecule has 8 atom stereocenters. The third-order valence-electron chi connectivity index (χ3n) is 12.9. The molecule has 0 radical (unpaired) electrons. The van der Waals surface area contributed by atoms with Gasteiger partial charge >= 0.3 is 6.09 Å². The van der Waals surface area contributed by atoms with Gasteiger partial charge in [-0.1, -0.05) is 109 Å². The summed E-state index contributed by atoms with van der Waals surface area (Å²) < 4.78 is 33.6. The number of ketones is 2. The number of rotatable bonds is 24. The highest BCUT2D eigenvalue weighted by Crippen LogP contribution is 2.41. The van der Waals surface area contributed by atoms with Crippen molar-refractivity contribution in [1.82, 2.24) is 29.6 Å². The summed E-state index contributed by atoms with van der Waals surface area (Å²) in [6, 6.07) is 14.6. The van der Waals surface area contributed by atoms with Gasteiger partial charge in [-0.15, -0.1) is 0 Å². The van der Waals surface area contributed by atoms with E-state index in [-0.39, 0.29) is 53.8 Å². The summed E-state index contributed by atoms with van der Waals surface area (Å²) in [4.78, 5) is 83.8. The number of aromatic nitrogens is 3. The number of Topliss-reactive ketones (excluding diaryl/α,β-unsaturated/α-hetero) is 2. The molecule has 0 spiro atoms. The van der Waals surface area contributed by atoms with E-state index in [0.29, 0.717) is 6.42 Å². The maximum Gasteiger partial charge on any atom is 0.408 e. The molecule has 18 heteroatoms. The van der Waals surface area contributed by atoms with Gasteiger partial charge in [-0.3, -0.25) is 34.9 Å². The third-order valence-corrected chi connectivity index (χ3v) is 14.5. The van der Waals surface area contributed by atoms with Crippen molar-refractivity contribution in [3.05, 3.63) is 114 Å². The molecule has 0 saturated carbocycles. The zero-order valence-corrected chi connectivity index (χ0v) is 43.3. The van der Waals surface area contributed by atoms with Gasteiger partial charge in [0.05, 0.1) is 45.9 Å². The van der Waals surface area contributed by atoms with Gasteiger partial charge in [0.25, 0.3) is 10.0 Å². The highest BCUT2D eigenvalue weighted by atomic mass is 32.2. The molecule has 1 unspecified atom stereocenters. The first-order valence-electron chi connectivity index (χ1n) is 23.9. The number of aryl methyl sites for hydroxylation is 1. The van der Waals surface area contributed by atoms with Crippen LogP contribution in [0.1, 0.15) is 117 Å². The number of aliphatic hydroxyl groups excluding tert-OH is 1. The number of hydrazine groups is 1. The number of nitrogens with two attached hydrogens (primary N) is 2. The van der Waals surface area contributed by atoms with Gasteiger partial charge in [0.15, 0.2) is 11.6 Å². The largest absolute Gasteiger partial charge is 0.444 e. The van der Waals surface area contributed by atoms with E-state index >= 15 is 14.4 Å². The van der Waals surface area contributed by atoms with Crippen molar-refractivity contribution in [1.29, 1.82) is 0 Å². The lowest BCUT2D eigenvalue weighted by atomic mass is 9.69. The number of benzene rings is 2. The predicted octanol–water partition coefficient (Wildman–Crippen LogP) is 6.02. The lowest BCUT2D eigenvalue weighted by molar-refractivity contribution is -0.163. The number of nitrogens with zero attached hydrogens (tertiary/aromatic N) is 4. The van der Waals surface area contributed by atoms with Crippen LogP contribution >= 0.6 is 0 Å². The molecule has 3 amide bonds. The first-order valence-corrected chi connectivity index (χ1v) is 25.3. The number of alkyl carbamates (subject to hydrolysis) is 1. The topological polar surface area (TPSA) is 259 Å². The van der Waals surface area contributed by atoms with E-state index in [4.69, 9.17) is 16.3 Å². The Labute approximate surface area is 413 Å². The smallest absolute Gasteiger partial charge is 0.408 e. The fourth-order valence-corrected chi connectivity index (χ4v) is 9.45. The van der Waals surface area contributed by atoms with Crippen molar-refractivity contribution in [2.75, 3.05) is 0 Å². The van der Waals surface area contributed by atoms with Crippen LogP contribution in [0.2, 0.25) is 0 Å². The Morgan fingerprint density at radius 1 is 0.871 bits per heavy atom. The Morgan fingerprint density at radius 3 is 2.04 bits per heavy atom. The highest BCUT2D eigenvalue weighted by molar-refractivity contribution is 7.90. The predicted molar refractivity (Wildman–Crippen MR) is 267 cm³/mol. The standard InChI is InChI=1S/C52H74N8O9S/c1-12-35(7)44(58-54)47(63)45(41-20-16-17-25-55-41)60(48(64)40(53)28-37-30-59(31-56-37)70(67,68)38-23-21-34(6)22-24-38)49(65)52(11,33(4)5)29-43(61)39(26-32(2)3)46(62)42(27-36-18-14-13-15-19-36)57-50(66)69-51(8,9)10/h13-25,30-33,35,39-40,42-45,58,61H,12,26-29,53-54H2,1-11H3,(H,57,66)/t35-,39-,40-,42-,43-,44-,45?,52-/m0/s1. The number of hydrogen-bond donors (Lipinski definition) is 5. The molecule has 7 N–H and O–H groups in total. The molecular weight excluding hydrogens is 913 g/mol. The van der Waals surface area contributed by atoms with Crippen LogP contribution in [0.25, 0.3) is 0 Å². The Hall–Kier alpha value is -5.66. The number of imidazole rings is 1. The molecule has 2 heterocycles. The molecule has 4 aromatic rings. The summed E-state index contributed by atoms with van der Waals surface area (Å²) in [6.07, 6.45) is 1.41. The maximum absolute atomic E-state index is 15.8. The third kappa shape index (κ3) is 14.5. The number of amides is 3. The van der Waals surface area contributed by atoms with Gasteiger partial charge in [-0.2, -0.15) is 0 Å². The van der Waals surface area contributed by atoms with Gasteiger partial charge in [-0.05, 0) is 94.5 Å². The summed E-state index contributed by atoms with van der Waals surface area (Å²) in [7, 11) is -4.08. The van der Waals surface area contributed by atoms with Crippen LogP contribution in [0, 0.1) is 36.0 Å². The molecule has 0 bridgehead atoms. The van der Waals surface area contributed by atoms with E-state index in [9.17, 15) is 23.1 Å². The fraction of sp³-hybridized carbons (Fsp3) is 0.519. The van der Waals surface area contributed by atoms with Crippen molar-refractivity contribution >= 4 is 39.5 Å². The summed E-state index contributed by atoms with van der Waals surface area (Å²) >= 11 is 0. The van der Waals surface area contributed by atoms with Crippen LogP contribution < -0.4 is 22.3 Å². The van der Waals surface area contributed by atoms with Crippen molar-refractivity contribution < 1.29 is 42.2 Å². The quantitative estimate of drug-likeness (QED) is 0.0398. The molecule has 0 aliphatic rings. The van der Waals surface area contributed by atoms with Crippen LogP contribution in [0.3, 0.4) is 0 Å². The molecule has 0 aliphatic carbocycles. The van der Waals surface area contributed by atoms with Crippen molar-refractivity contribution in [2.45, 2.75) is 149 Å². The number of nitrogens with one attached hydrogen (secondary N) is 2. The van der Waals surface area contributed by atoms with E-state index in [1.165, 1.54) is 30.6 Å². The molecule has 17 nitrogen and oxygen atoms in total. The minimum Gasteiger partial charge on any atom is -0.444 e. The Kier molecular flexibility index (Phi) is 19.9. The Morgan fingerprint density at radius 2 is 1.50 bits per heavy atom. The second kappa shape index (κ2) is 24.4. The normalized spacial score (nSPS) is 16.0. The van der Waals surface area contributed by atoms with Gasteiger partial charge in [0.2, 0.25) is 11.8 Å². The van der Waals surface area contributed by atoms with Crippen molar-refractivity contribution in [3.8, 4) is 0 Å². The number of hydrogen-bond acceptors (Lipinski definition) is 14. The molecular formula is C52H74N8O9S. The van der Waals surface area contributed by atoms with Crippen molar-refractivity contribution in [2.24, 2.45) is 40.7 Å². The lowest BCUT2D eigenvalue weighted by Gasteiger charge is -2.42. The molecule has 4 rings (SSSR count). The Bertz CT molecular complexity index is 2500. The maximum atomic E-state index is 15.8. The van der Waals surface area contributed by atoms with Crippen LogP contribution in [-0.4, -0.2) is 91.7 Å². The average molecular weight is 987 g/mol. The van der Waals surface area contributed by atoms with Gasteiger partial charge in [-0.25, -0.2) is 27.6 Å². The van der Waals surface area contributed by atoms with Crippen LogP contribution in [0.5, 0.6) is 0 Å². The molecule has 0 fully saturated rings. The van der Waals surface area contributed by atoms with Crippen molar-refractivity contribution in [3.63, 3.8) is 0 Å².